The minimum Gasteiger partial charge on any atom is -0.387 e. The van der Waals surface area contributed by atoms with Crippen molar-refractivity contribution < 1.29 is 5.11 Å². The highest BCUT2D eigenvalue weighted by atomic mass is 16.3. The van der Waals surface area contributed by atoms with Gasteiger partial charge in [0.25, 0.3) is 0 Å². The largest absolute Gasteiger partial charge is 0.387 e. The van der Waals surface area contributed by atoms with Gasteiger partial charge in [-0.15, -0.1) is 0 Å². The summed E-state index contributed by atoms with van der Waals surface area (Å²) in [5.74, 6) is 0. The van der Waals surface area contributed by atoms with Crippen LogP contribution in [0.1, 0.15) is 22.9 Å². The quantitative estimate of drug-likeness (QED) is 0.862. The summed E-state index contributed by atoms with van der Waals surface area (Å²) < 4.78 is 0. The van der Waals surface area contributed by atoms with Gasteiger partial charge in [-0.1, -0.05) is 36.4 Å². The van der Waals surface area contributed by atoms with Gasteiger partial charge in [0.1, 0.15) is 0 Å². The summed E-state index contributed by atoms with van der Waals surface area (Å²) >= 11 is 0. The fourth-order valence-electron chi connectivity index (χ4n) is 1.90. The molecule has 0 spiro atoms. The third kappa shape index (κ3) is 3.15. The van der Waals surface area contributed by atoms with E-state index in [2.05, 4.69) is 4.98 Å². The summed E-state index contributed by atoms with van der Waals surface area (Å²) in [6.07, 6.45) is 1.65. The maximum Gasteiger partial charge on any atom is 0.0958 e. The zero-order valence-electron chi connectivity index (χ0n) is 10.5. The van der Waals surface area contributed by atoms with E-state index in [9.17, 15) is 5.11 Å². The number of hydrogen-bond acceptors (Lipinski definition) is 3. The average Bonchev–Trinajstić information content (AvgIpc) is 2.40. The predicted molar refractivity (Wildman–Crippen MR) is 72.1 cm³/mol. The molecule has 2 atom stereocenters. The number of pyridine rings is 1. The molecule has 0 aliphatic carbocycles. The fraction of sp³-hybridized carbons (Fsp3) is 0.267. The molecule has 3 N–H and O–H groups in total. The molecule has 0 fully saturated rings. The molecular weight excluding hydrogens is 224 g/mol. The summed E-state index contributed by atoms with van der Waals surface area (Å²) in [6.45, 7) is 1.92. The van der Waals surface area contributed by atoms with Gasteiger partial charge in [0.15, 0.2) is 0 Å². The average molecular weight is 242 g/mol. The van der Waals surface area contributed by atoms with Crippen molar-refractivity contribution in [3.8, 4) is 0 Å². The van der Waals surface area contributed by atoms with Crippen LogP contribution in [0.15, 0.2) is 48.7 Å². The molecule has 0 bridgehead atoms. The van der Waals surface area contributed by atoms with Crippen molar-refractivity contribution in [2.24, 2.45) is 5.73 Å². The molecule has 1 aromatic heterocycles. The molecule has 0 radical (unpaired) electrons. The van der Waals surface area contributed by atoms with Crippen LogP contribution in [0.25, 0.3) is 0 Å². The highest BCUT2D eigenvalue weighted by Crippen LogP contribution is 2.17. The number of aryl methyl sites for hydroxylation is 1. The van der Waals surface area contributed by atoms with Crippen LogP contribution in [0.2, 0.25) is 0 Å². The molecular formula is C15H18N2O. The molecule has 0 saturated heterocycles. The lowest BCUT2D eigenvalue weighted by Crippen LogP contribution is -2.30. The van der Waals surface area contributed by atoms with Crippen molar-refractivity contribution >= 4 is 0 Å². The van der Waals surface area contributed by atoms with Gasteiger partial charge in [-0.05, 0) is 25.0 Å². The lowest BCUT2D eigenvalue weighted by atomic mass is 9.98. The van der Waals surface area contributed by atoms with E-state index in [4.69, 9.17) is 5.73 Å². The number of nitrogens with two attached hydrogens (primary N) is 1. The first kappa shape index (κ1) is 12.7. The van der Waals surface area contributed by atoms with E-state index in [-0.39, 0.29) is 6.04 Å². The number of aliphatic hydroxyl groups excluding tert-OH is 1. The molecule has 3 nitrogen and oxygen atoms in total. The van der Waals surface area contributed by atoms with E-state index >= 15 is 0 Å². The van der Waals surface area contributed by atoms with Gasteiger partial charge in [-0.25, -0.2) is 0 Å². The van der Waals surface area contributed by atoms with Crippen LogP contribution >= 0.6 is 0 Å². The summed E-state index contributed by atoms with van der Waals surface area (Å²) in [5, 5.41) is 10.2. The van der Waals surface area contributed by atoms with Gasteiger partial charge in [0.2, 0.25) is 0 Å². The molecule has 0 aliphatic rings. The summed E-state index contributed by atoms with van der Waals surface area (Å²) in [4.78, 5) is 4.17. The van der Waals surface area contributed by atoms with Gasteiger partial charge in [0, 0.05) is 23.5 Å². The molecule has 1 heterocycles. The Morgan fingerprint density at radius 2 is 1.89 bits per heavy atom. The third-order valence-corrected chi connectivity index (χ3v) is 3.00. The first-order chi connectivity index (χ1) is 8.66. The molecule has 94 valence electrons. The second-order valence-corrected chi connectivity index (χ2v) is 4.53. The minimum absolute atomic E-state index is 0.322. The van der Waals surface area contributed by atoms with Gasteiger partial charge < -0.3 is 10.8 Å². The Balaban J connectivity index is 2.05. The monoisotopic (exact) mass is 242 g/mol. The summed E-state index contributed by atoms with van der Waals surface area (Å²) in [5.41, 5.74) is 8.87. The Bertz CT molecular complexity index is 482. The fourth-order valence-corrected chi connectivity index (χ4v) is 1.90. The smallest absolute Gasteiger partial charge is 0.0958 e. The van der Waals surface area contributed by atoms with Crippen molar-refractivity contribution in [1.82, 2.24) is 4.98 Å². The van der Waals surface area contributed by atoms with Crippen LogP contribution in [0.4, 0.5) is 0 Å². The van der Waals surface area contributed by atoms with Crippen molar-refractivity contribution in [3.63, 3.8) is 0 Å². The van der Waals surface area contributed by atoms with Crippen LogP contribution in [-0.2, 0) is 6.42 Å². The van der Waals surface area contributed by atoms with Crippen molar-refractivity contribution in [1.29, 1.82) is 0 Å². The van der Waals surface area contributed by atoms with Gasteiger partial charge in [0.05, 0.1) is 6.10 Å². The van der Waals surface area contributed by atoms with Crippen molar-refractivity contribution in [2.75, 3.05) is 0 Å². The SMILES string of the molecule is Cc1ccc(C(O)C(N)Cc2ccccc2)cn1. The lowest BCUT2D eigenvalue weighted by molar-refractivity contribution is 0.145. The Morgan fingerprint density at radius 1 is 1.17 bits per heavy atom. The molecule has 2 aromatic rings. The summed E-state index contributed by atoms with van der Waals surface area (Å²) in [7, 11) is 0. The Morgan fingerprint density at radius 3 is 2.50 bits per heavy atom. The van der Waals surface area contributed by atoms with Gasteiger partial charge in [-0.3, -0.25) is 4.98 Å². The Labute approximate surface area is 107 Å². The molecule has 0 amide bonds. The maximum atomic E-state index is 10.2. The van der Waals surface area contributed by atoms with Crippen LogP contribution in [-0.4, -0.2) is 16.1 Å². The molecule has 18 heavy (non-hydrogen) atoms. The normalized spacial score (nSPS) is 14.2. The number of aliphatic hydroxyl groups is 1. The topological polar surface area (TPSA) is 59.1 Å². The van der Waals surface area contributed by atoms with Gasteiger partial charge >= 0.3 is 0 Å². The number of aromatic nitrogens is 1. The van der Waals surface area contributed by atoms with Crippen LogP contribution < -0.4 is 5.73 Å². The third-order valence-electron chi connectivity index (χ3n) is 3.00. The highest BCUT2D eigenvalue weighted by molar-refractivity contribution is 5.20. The maximum absolute atomic E-state index is 10.2. The Kier molecular flexibility index (Phi) is 4.07. The first-order valence-electron chi connectivity index (χ1n) is 6.07. The first-order valence-corrected chi connectivity index (χ1v) is 6.07. The molecule has 2 rings (SSSR count). The molecule has 0 saturated carbocycles. The van der Waals surface area contributed by atoms with Gasteiger partial charge in [-0.2, -0.15) is 0 Å². The highest BCUT2D eigenvalue weighted by Gasteiger charge is 2.17. The van der Waals surface area contributed by atoms with E-state index < -0.39 is 6.10 Å². The number of benzene rings is 1. The van der Waals surface area contributed by atoms with E-state index in [1.54, 1.807) is 6.20 Å². The summed E-state index contributed by atoms with van der Waals surface area (Å²) in [6, 6.07) is 13.4. The number of hydrogen-bond donors (Lipinski definition) is 2. The van der Waals surface area contributed by atoms with E-state index in [0.717, 1.165) is 16.8 Å². The van der Waals surface area contributed by atoms with Crippen LogP contribution in [0, 0.1) is 6.92 Å². The molecule has 2 unspecified atom stereocenters. The van der Waals surface area contributed by atoms with Crippen molar-refractivity contribution in [3.05, 3.63) is 65.5 Å². The Hall–Kier alpha value is -1.71. The second-order valence-electron chi connectivity index (χ2n) is 4.53. The zero-order chi connectivity index (χ0) is 13.0. The number of nitrogens with zero attached hydrogens (tertiary/aromatic N) is 1. The standard InChI is InChI=1S/C15H18N2O/c1-11-7-8-13(10-17-11)15(18)14(16)9-12-5-3-2-4-6-12/h2-8,10,14-15,18H,9,16H2,1H3. The van der Waals surface area contributed by atoms with E-state index in [1.807, 2.05) is 49.4 Å². The zero-order valence-corrected chi connectivity index (χ0v) is 10.5. The van der Waals surface area contributed by atoms with E-state index in [1.165, 1.54) is 0 Å². The predicted octanol–water partition coefficient (Wildman–Crippen LogP) is 1.99. The van der Waals surface area contributed by atoms with Crippen LogP contribution in [0.3, 0.4) is 0 Å². The molecule has 0 aliphatic heterocycles. The van der Waals surface area contributed by atoms with Crippen LogP contribution in [0.5, 0.6) is 0 Å². The van der Waals surface area contributed by atoms with E-state index in [0.29, 0.717) is 6.42 Å². The minimum atomic E-state index is -0.682. The second kappa shape index (κ2) is 5.76. The lowest BCUT2D eigenvalue weighted by Gasteiger charge is -2.19. The molecule has 1 aromatic carbocycles. The van der Waals surface area contributed by atoms with Crippen molar-refractivity contribution in [2.45, 2.75) is 25.5 Å². The molecule has 3 heteroatoms. The number of rotatable bonds is 4.